The van der Waals surface area contributed by atoms with Crippen LogP contribution in [0.5, 0.6) is 0 Å². The van der Waals surface area contributed by atoms with Crippen molar-refractivity contribution in [3.05, 3.63) is 52.6 Å². The van der Waals surface area contributed by atoms with E-state index in [4.69, 9.17) is 4.74 Å². The van der Waals surface area contributed by atoms with Gasteiger partial charge < -0.3 is 14.2 Å². The molecule has 138 valence electrons. The van der Waals surface area contributed by atoms with Gasteiger partial charge in [-0.3, -0.25) is 14.6 Å². The lowest BCUT2D eigenvalue weighted by atomic mass is 10.0. The second-order valence-electron chi connectivity index (χ2n) is 6.14. The number of carbonyl (C=O) groups is 3. The third-order valence-corrected chi connectivity index (χ3v) is 4.46. The van der Waals surface area contributed by atoms with Gasteiger partial charge in [-0.1, -0.05) is 6.07 Å². The number of esters is 1. The summed E-state index contributed by atoms with van der Waals surface area (Å²) in [6, 6.07) is 3.63. The Morgan fingerprint density at radius 3 is 2.50 bits per heavy atom. The number of Topliss-reactive ketones (excluding diaryl/α,β-unsaturated/α-hetero) is 1. The molecule has 26 heavy (non-hydrogen) atoms. The number of ether oxygens (including phenoxy) is 1. The molecular weight excluding hydrogens is 334 g/mol. The van der Waals surface area contributed by atoms with Gasteiger partial charge in [0.25, 0.3) is 0 Å². The van der Waals surface area contributed by atoms with Crippen LogP contribution < -0.4 is 0 Å². The van der Waals surface area contributed by atoms with E-state index >= 15 is 0 Å². The Morgan fingerprint density at radius 2 is 1.96 bits per heavy atom. The minimum atomic E-state index is -0.495. The molecule has 0 saturated carbocycles. The molecule has 0 radical (unpaired) electrons. The lowest BCUT2D eigenvalue weighted by Crippen LogP contribution is -2.34. The van der Waals surface area contributed by atoms with Gasteiger partial charge in [-0.2, -0.15) is 0 Å². The molecule has 0 spiro atoms. The summed E-state index contributed by atoms with van der Waals surface area (Å²) in [5.41, 5.74) is 2.86. The number of pyridine rings is 1. The summed E-state index contributed by atoms with van der Waals surface area (Å²) < 4.78 is 6.45. The highest BCUT2D eigenvalue weighted by Gasteiger charge is 2.26. The van der Waals surface area contributed by atoms with Crippen LogP contribution in [0.3, 0.4) is 0 Å². The van der Waals surface area contributed by atoms with Crippen LogP contribution >= 0.6 is 0 Å². The molecule has 2 heterocycles. The molecule has 0 atom stereocenters. The van der Waals surface area contributed by atoms with Crippen LogP contribution in [0.1, 0.15) is 44.6 Å². The summed E-state index contributed by atoms with van der Waals surface area (Å²) in [5.74, 6) is -0.919. The lowest BCUT2D eigenvalue weighted by Gasteiger charge is -2.20. The molecule has 0 saturated heterocycles. The van der Waals surface area contributed by atoms with E-state index in [0.717, 1.165) is 5.56 Å². The van der Waals surface area contributed by atoms with Gasteiger partial charge in [0.05, 0.1) is 13.7 Å². The molecule has 0 aliphatic rings. The second kappa shape index (κ2) is 7.95. The zero-order valence-electron chi connectivity index (χ0n) is 15.7. The molecule has 1 amide bonds. The van der Waals surface area contributed by atoms with Crippen LogP contribution in [-0.4, -0.2) is 45.8 Å². The van der Waals surface area contributed by atoms with Crippen molar-refractivity contribution in [2.45, 2.75) is 27.3 Å². The average Bonchev–Trinajstić information content (AvgIpc) is 2.83. The molecule has 7 heteroatoms. The third kappa shape index (κ3) is 3.82. The van der Waals surface area contributed by atoms with Gasteiger partial charge in [0.1, 0.15) is 5.69 Å². The molecule has 0 unspecified atom stereocenters. The first-order valence-corrected chi connectivity index (χ1v) is 8.19. The summed E-state index contributed by atoms with van der Waals surface area (Å²) >= 11 is 0. The van der Waals surface area contributed by atoms with Crippen molar-refractivity contribution in [1.29, 1.82) is 0 Å². The number of rotatable bonds is 6. The number of hydrogen-bond donors (Lipinski definition) is 0. The second-order valence-corrected chi connectivity index (χ2v) is 6.14. The van der Waals surface area contributed by atoms with Crippen molar-refractivity contribution in [1.82, 2.24) is 14.5 Å². The zero-order chi connectivity index (χ0) is 19.4. The summed E-state index contributed by atoms with van der Waals surface area (Å²) in [4.78, 5) is 42.4. The fourth-order valence-electron chi connectivity index (χ4n) is 3.02. The Labute approximate surface area is 152 Å². The van der Waals surface area contributed by atoms with Crippen molar-refractivity contribution in [2.75, 3.05) is 13.7 Å². The molecule has 2 aromatic rings. The smallest absolute Gasteiger partial charge is 0.354 e. The van der Waals surface area contributed by atoms with Gasteiger partial charge in [0.15, 0.2) is 5.78 Å². The normalized spacial score (nSPS) is 10.5. The van der Waals surface area contributed by atoms with Gasteiger partial charge in [0, 0.05) is 44.2 Å². The average molecular weight is 357 g/mol. The zero-order valence-corrected chi connectivity index (χ0v) is 15.7. The standard InChI is InChI=1S/C19H23N3O4/c1-12-17(13(2)21(4)18(12)19(25)26-5)16(24)11-22(14(3)23)10-15-7-6-8-20-9-15/h6-9H,10-11H2,1-5H3. The molecule has 2 aromatic heterocycles. The van der Waals surface area contributed by atoms with Crippen molar-refractivity contribution < 1.29 is 19.1 Å². The van der Waals surface area contributed by atoms with Gasteiger partial charge >= 0.3 is 5.97 Å². The van der Waals surface area contributed by atoms with Crippen molar-refractivity contribution >= 4 is 17.7 Å². The summed E-state index contributed by atoms with van der Waals surface area (Å²) in [6.45, 7) is 5.13. The Hall–Kier alpha value is -2.96. The highest BCUT2D eigenvalue weighted by atomic mass is 16.5. The predicted octanol–water partition coefficient (Wildman–Crippen LogP) is 2.05. The largest absolute Gasteiger partial charge is 0.464 e. The van der Waals surface area contributed by atoms with Crippen LogP contribution in [-0.2, 0) is 23.1 Å². The lowest BCUT2D eigenvalue weighted by molar-refractivity contribution is -0.129. The van der Waals surface area contributed by atoms with E-state index in [9.17, 15) is 14.4 Å². The third-order valence-electron chi connectivity index (χ3n) is 4.46. The first-order chi connectivity index (χ1) is 12.3. The molecule has 2 rings (SSSR count). The Kier molecular flexibility index (Phi) is 5.92. The summed E-state index contributed by atoms with van der Waals surface area (Å²) in [5, 5.41) is 0. The van der Waals surface area contributed by atoms with E-state index in [0.29, 0.717) is 29.1 Å². The van der Waals surface area contributed by atoms with Crippen LogP contribution in [0.2, 0.25) is 0 Å². The molecule has 0 aliphatic heterocycles. The molecule has 0 aliphatic carbocycles. The maximum absolute atomic E-state index is 12.9. The minimum Gasteiger partial charge on any atom is -0.464 e. The summed E-state index contributed by atoms with van der Waals surface area (Å²) in [6.07, 6.45) is 3.31. The van der Waals surface area contributed by atoms with E-state index in [-0.39, 0.29) is 18.2 Å². The SMILES string of the molecule is COC(=O)c1c(C)c(C(=O)CN(Cc2cccnc2)C(C)=O)c(C)n1C. The highest BCUT2D eigenvalue weighted by Crippen LogP contribution is 2.23. The van der Waals surface area contributed by atoms with E-state index in [1.54, 1.807) is 43.9 Å². The molecule has 7 nitrogen and oxygen atoms in total. The molecule has 0 bridgehead atoms. The van der Waals surface area contributed by atoms with Gasteiger partial charge in [-0.25, -0.2) is 4.79 Å². The van der Waals surface area contributed by atoms with Crippen molar-refractivity contribution in [3.8, 4) is 0 Å². The van der Waals surface area contributed by atoms with E-state index in [1.165, 1.54) is 18.9 Å². The number of aromatic nitrogens is 2. The fourth-order valence-corrected chi connectivity index (χ4v) is 3.02. The topological polar surface area (TPSA) is 81.5 Å². The number of nitrogens with zero attached hydrogens (tertiary/aromatic N) is 3. The number of hydrogen-bond acceptors (Lipinski definition) is 5. The summed E-state index contributed by atoms with van der Waals surface area (Å²) in [7, 11) is 3.01. The van der Waals surface area contributed by atoms with Crippen molar-refractivity contribution in [3.63, 3.8) is 0 Å². The van der Waals surface area contributed by atoms with Crippen LogP contribution in [0.15, 0.2) is 24.5 Å². The quantitative estimate of drug-likeness (QED) is 0.584. The predicted molar refractivity (Wildman–Crippen MR) is 95.9 cm³/mol. The fraction of sp³-hybridized carbons (Fsp3) is 0.368. The maximum atomic E-state index is 12.9. The highest BCUT2D eigenvalue weighted by molar-refractivity contribution is 6.04. The molecule has 0 N–H and O–H groups in total. The van der Waals surface area contributed by atoms with Crippen LogP contribution in [0.25, 0.3) is 0 Å². The van der Waals surface area contributed by atoms with Crippen molar-refractivity contribution in [2.24, 2.45) is 7.05 Å². The number of amides is 1. The number of methoxy groups -OCH3 is 1. The van der Waals surface area contributed by atoms with Gasteiger partial charge in [0.2, 0.25) is 5.91 Å². The maximum Gasteiger partial charge on any atom is 0.354 e. The minimum absolute atomic E-state index is 0.0729. The Balaban J connectivity index is 2.30. The van der Waals surface area contributed by atoms with Gasteiger partial charge in [-0.15, -0.1) is 0 Å². The van der Waals surface area contributed by atoms with E-state index < -0.39 is 5.97 Å². The van der Waals surface area contributed by atoms with Crippen LogP contribution in [0, 0.1) is 13.8 Å². The van der Waals surface area contributed by atoms with E-state index in [2.05, 4.69) is 4.98 Å². The number of ketones is 1. The van der Waals surface area contributed by atoms with Crippen LogP contribution in [0.4, 0.5) is 0 Å². The first kappa shape index (κ1) is 19.4. The molecule has 0 fully saturated rings. The number of carbonyl (C=O) groups excluding carboxylic acids is 3. The molecule has 0 aromatic carbocycles. The Bertz CT molecular complexity index is 840. The van der Waals surface area contributed by atoms with E-state index in [1.807, 2.05) is 6.07 Å². The monoisotopic (exact) mass is 357 g/mol. The molecular formula is C19H23N3O4. The Morgan fingerprint density at radius 1 is 1.27 bits per heavy atom. The van der Waals surface area contributed by atoms with Gasteiger partial charge in [-0.05, 0) is 31.0 Å². The first-order valence-electron chi connectivity index (χ1n) is 8.19.